The second-order valence-electron chi connectivity index (χ2n) is 3.10. The fraction of sp³-hybridized carbons (Fsp3) is 0.273. The highest BCUT2D eigenvalue weighted by Gasteiger charge is 2.05. The molecule has 0 atom stereocenters. The van der Waals surface area contributed by atoms with Gasteiger partial charge < -0.3 is 9.52 Å². The zero-order valence-electron chi connectivity index (χ0n) is 7.77. The summed E-state index contributed by atoms with van der Waals surface area (Å²) in [6.07, 6.45) is 3.26. The van der Waals surface area contributed by atoms with E-state index in [1.54, 1.807) is 17.6 Å². The van der Waals surface area contributed by atoms with Gasteiger partial charge in [-0.05, 0) is 29.1 Å². The molecule has 0 spiro atoms. The molecule has 0 amide bonds. The van der Waals surface area contributed by atoms with Gasteiger partial charge >= 0.3 is 0 Å². The molecule has 1 N–H and O–H groups in total. The zero-order valence-corrected chi connectivity index (χ0v) is 8.59. The molecule has 3 heteroatoms. The minimum absolute atomic E-state index is 0.214. The van der Waals surface area contributed by atoms with Crippen LogP contribution in [0.3, 0.4) is 0 Å². The number of hydrogen-bond donors (Lipinski definition) is 1. The predicted octanol–water partition coefficient (Wildman–Crippen LogP) is 2.47. The molecule has 2 aromatic heterocycles. The Labute approximate surface area is 86.8 Å². The summed E-state index contributed by atoms with van der Waals surface area (Å²) in [5.74, 6) is 0.975. The fourth-order valence-corrected chi connectivity index (χ4v) is 2.34. The van der Waals surface area contributed by atoms with Gasteiger partial charge in [-0.3, -0.25) is 0 Å². The van der Waals surface area contributed by atoms with E-state index >= 15 is 0 Å². The summed E-state index contributed by atoms with van der Waals surface area (Å²) >= 11 is 1.69. The van der Waals surface area contributed by atoms with Crippen molar-refractivity contribution in [3.63, 3.8) is 0 Å². The molecule has 2 rings (SSSR count). The van der Waals surface area contributed by atoms with E-state index in [1.807, 2.05) is 12.1 Å². The van der Waals surface area contributed by atoms with Gasteiger partial charge in [-0.1, -0.05) is 0 Å². The Bertz CT molecular complexity index is 376. The molecule has 0 saturated heterocycles. The summed E-state index contributed by atoms with van der Waals surface area (Å²) < 4.78 is 5.28. The maximum Gasteiger partial charge on any atom is 0.108 e. The van der Waals surface area contributed by atoms with Gasteiger partial charge in [-0.2, -0.15) is 0 Å². The van der Waals surface area contributed by atoms with Crippen molar-refractivity contribution in [1.82, 2.24) is 0 Å². The monoisotopic (exact) mass is 208 g/mol. The first-order valence-electron chi connectivity index (χ1n) is 4.58. The first-order valence-corrected chi connectivity index (χ1v) is 5.46. The van der Waals surface area contributed by atoms with E-state index < -0.39 is 0 Å². The average molecular weight is 208 g/mol. The molecule has 0 aliphatic rings. The standard InChI is InChI=1S/C11H12O2S/c12-5-3-11-9(4-7-14-11)8-10-2-1-6-13-10/h1-2,4,6-7,12H,3,5,8H2. The molecule has 2 aromatic rings. The highest BCUT2D eigenvalue weighted by Crippen LogP contribution is 2.20. The summed E-state index contributed by atoms with van der Waals surface area (Å²) in [5.41, 5.74) is 1.26. The molecule has 74 valence electrons. The first kappa shape index (κ1) is 9.49. The van der Waals surface area contributed by atoms with Crippen molar-refractivity contribution >= 4 is 11.3 Å². The van der Waals surface area contributed by atoms with Crippen LogP contribution in [0.15, 0.2) is 34.3 Å². The SMILES string of the molecule is OCCc1sccc1Cc1ccco1. The molecule has 2 nitrogen and oxygen atoms in total. The molecule has 0 aliphatic heterocycles. The quantitative estimate of drug-likeness (QED) is 0.837. The smallest absolute Gasteiger partial charge is 0.108 e. The van der Waals surface area contributed by atoms with Crippen LogP contribution >= 0.6 is 11.3 Å². The second-order valence-corrected chi connectivity index (χ2v) is 4.10. The van der Waals surface area contributed by atoms with Crippen LogP contribution in [-0.2, 0) is 12.8 Å². The van der Waals surface area contributed by atoms with Gasteiger partial charge in [0, 0.05) is 24.3 Å². The third-order valence-electron chi connectivity index (χ3n) is 2.12. The Balaban J connectivity index is 2.12. The Kier molecular flexibility index (Phi) is 3.01. The van der Waals surface area contributed by atoms with Gasteiger partial charge in [0.2, 0.25) is 0 Å². The summed E-state index contributed by atoms with van der Waals surface area (Å²) in [5, 5.41) is 10.9. The number of aliphatic hydroxyl groups excluding tert-OH is 1. The lowest BCUT2D eigenvalue weighted by Crippen LogP contribution is -1.93. The molecule has 0 fully saturated rings. The number of hydrogen-bond acceptors (Lipinski definition) is 3. The van der Waals surface area contributed by atoms with Crippen LogP contribution in [0.5, 0.6) is 0 Å². The molecular weight excluding hydrogens is 196 g/mol. The Morgan fingerprint density at radius 2 is 2.29 bits per heavy atom. The Morgan fingerprint density at radius 3 is 3.00 bits per heavy atom. The molecule has 0 radical (unpaired) electrons. The minimum atomic E-state index is 0.214. The number of furan rings is 1. The van der Waals surface area contributed by atoms with Crippen LogP contribution in [0, 0.1) is 0 Å². The maximum atomic E-state index is 8.87. The summed E-state index contributed by atoms with van der Waals surface area (Å²) in [4.78, 5) is 1.25. The largest absolute Gasteiger partial charge is 0.469 e. The lowest BCUT2D eigenvalue weighted by Gasteiger charge is -1.99. The van der Waals surface area contributed by atoms with Crippen molar-refractivity contribution in [2.75, 3.05) is 6.61 Å². The van der Waals surface area contributed by atoms with Crippen molar-refractivity contribution < 1.29 is 9.52 Å². The lowest BCUT2D eigenvalue weighted by molar-refractivity contribution is 0.300. The molecular formula is C11H12O2S. The minimum Gasteiger partial charge on any atom is -0.469 e. The van der Waals surface area contributed by atoms with E-state index in [0.717, 1.165) is 18.6 Å². The molecule has 14 heavy (non-hydrogen) atoms. The van der Waals surface area contributed by atoms with Gasteiger partial charge in [0.05, 0.1) is 6.26 Å². The van der Waals surface area contributed by atoms with Gasteiger partial charge in [0.1, 0.15) is 5.76 Å². The van der Waals surface area contributed by atoms with Crippen LogP contribution in [0.4, 0.5) is 0 Å². The summed E-state index contributed by atoms with van der Waals surface area (Å²) in [7, 11) is 0. The summed E-state index contributed by atoms with van der Waals surface area (Å²) in [6.45, 7) is 0.214. The van der Waals surface area contributed by atoms with Crippen LogP contribution in [0.25, 0.3) is 0 Å². The molecule has 2 heterocycles. The molecule has 0 aromatic carbocycles. The number of rotatable bonds is 4. The van der Waals surface area contributed by atoms with Gasteiger partial charge in [-0.25, -0.2) is 0 Å². The van der Waals surface area contributed by atoms with E-state index in [1.165, 1.54) is 10.4 Å². The fourth-order valence-electron chi connectivity index (χ4n) is 1.45. The zero-order chi connectivity index (χ0) is 9.80. The van der Waals surface area contributed by atoms with Crippen molar-refractivity contribution in [2.45, 2.75) is 12.8 Å². The molecule has 0 aliphatic carbocycles. The van der Waals surface area contributed by atoms with Crippen molar-refractivity contribution in [1.29, 1.82) is 0 Å². The summed E-state index contributed by atoms with van der Waals surface area (Å²) in [6, 6.07) is 5.96. The van der Waals surface area contributed by atoms with Gasteiger partial charge in [0.25, 0.3) is 0 Å². The van der Waals surface area contributed by atoms with Crippen LogP contribution in [-0.4, -0.2) is 11.7 Å². The highest BCUT2D eigenvalue weighted by atomic mass is 32.1. The van der Waals surface area contributed by atoms with Gasteiger partial charge in [-0.15, -0.1) is 11.3 Å². The second kappa shape index (κ2) is 4.44. The Hall–Kier alpha value is -1.06. The van der Waals surface area contributed by atoms with E-state index in [9.17, 15) is 0 Å². The molecule has 0 bridgehead atoms. The van der Waals surface area contributed by atoms with Crippen molar-refractivity contribution in [2.24, 2.45) is 0 Å². The molecule has 0 unspecified atom stereocenters. The highest BCUT2D eigenvalue weighted by molar-refractivity contribution is 7.10. The number of aliphatic hydroxyl groups is 1. The normalized spacial score (nSPS) is 10.6. The first-order chi connectivity index (χ1) is 6.90. The van der Waals surface area contributed by atoms with Gasteiger partial charge in [0.15, 0.2) is 0 Å². The Morgan fingerprint density at radius 1 is 1.36 bits per heavy atom. The van der Waals surface area contributed by atoms with Crippen molar-refractivity contribution in [3.8, 4) is 0 Å². The topological polar surface area (TPSA) is 33.4 Å². The predicted molar refractivity (Wildman–Crippen MR) is 56.6 cm³/mol. The third kappa shape index (κ3) is 2.05. The number of thiophene rings is 1. The van der Waals surface area contributed by atoms with E-state index in [4.69, 9.17) is 9.52 Å². The third-order valence-corrected chi connectivity index (χ3v) is 3.14. The van der Waals surface area contributed by atoms with Crippen LogP contribution in [0.1, 0.15) is 16.2 Å². The van der Waals surface area contributed by atoms with E-state index in [0.29, 0.717) is 0 Å². The average Bonchev–Trinajstić information content (AvgIpc) is 2.80. The van der Waals surface area contributed by atoms with E-state index in [-0.39, 0.29) is 6.61 Å². The van der Waals surface area contributed by atoms with E-state index in [2.05, 4.69) is 11.4 Å². The van der Waals surface area contributed by atoms with Crippen LogP contribution in [0.2, 0.25) is 0 Å². The van der Waals surface area contributed by atoms with Crippen LogP contribution < -0.4 is 0 Å². The lowest BCUT2D eigenvalue weighted by atomic mass is 10.1. The molecule has 0 saturated carbocycles. The maximum absolute atomic E-state index is 8.87. The van der Waals surface area contributed by atoms with Crippen molar-refractivity contribution in [3.05, 3.63) is 46.0 Å².